The SMILES string of the molecule is C[C-]=O.N#Cc1cccc(C(=O)Nc2nc3cc(Br)ccc3s2)c1.N#Cc1cccc(C(=O)O)c1.Nc1nc2cc(Br)ccc2s1.[U]. The number of benzene rings is 4. The molecule has 10 nitrogen and oxygen atoms in total. The molecule has 2 heterocycles. The number of aromatic carboxylic acids is 1. The zero-order chi connectivity index (χ0) is 33.6. The molecule has 47 heavy (non-hydrogen) atoms. The van der Waals surface area contributed by atoms with Crippen molar-refractivity contribution in [3.63, 3.8) is 0 Å². The van der Waals surface area contributed by atoms with Crippen molar-refractivity contribution in [3.8, 4) is 12.1 Å². The number of rotatable bonds is 3. The van der Waals surface area contributed by atoms with Gasteiger partial charge in [-0.15, -0.1) is 0 Å². The van der Waals surface area contributed by atoms with Crippen LogP contribution in [0.4, 0.5) is 10.3 Å². The van der Waals surface area contributed by atoms with Crippen LogP contribution in [0.5, 0.6) is 0 Å². The Bertz CT molecular complexity index is 2110. The Balaban J connectivity index is 0.000000251. The number of carboxylic acid groups (broad SMARTS) is 1. The Morgan fingerprint density at radius 2 is 1.32 bits per heavy atom. The number of anilines is 2. The molecule has 0 atom stereocenters. The van der Waals surface area contributed by atoms with Crippen LogP contribution < -0.4 is 11.1 Å². The first kappa shape index (κ1) is 39.2. The van der Waals surface area contributed by atoms with Gasteiger partial charge in [-0.3, -0.25) is 16.4 Å². The van der Waals surface area contributed by atoms with Crippen molar-refractivity contribution < 1.29 is 50.6 Å². The van der Waals surface area contributed by atoms with E-state index >= 15 is 0 Å². The number of nitriles is 2. The first-order valence-electron chi connectivity index (χ1n) is 12.8. The third-order valence-electron chi connectivity index (χ3n) is 5.43. The van der Waals surface area contributed by atoms with Crippen LogP contribution in [-0.4, -0.2) is 33.2 Å². The number of carboxylic acids is 1. The van der Waals surface area contributed by atoms with Crippen LogP contribution in [0.3, 0.4) is 0 Å². The summed E-state index contributed by atoms with van der Waals surface area (Å²) in [7, 11) is 0. The van der Waals surface area contributed by atoms with Gasteiger partial charge in [-0.05, 0) is 72.8 Å². The summed E-state index contributed by atoms with van der Waals surface area (Å²) >= 11 is 9.67. The van der Waals surface area contributed by atoms with Crippen LogP contribution in [0, 0.1) is 53.8 Å². The number of thiazole rings is 2. The van der Waals surface area contributed by atoms with Crippen LogP contribution in [0.25, 0.3) is 20.4 Å². The van der Waals surface area contributed by atoms with E-state index in [1.54, 1.807) is 36.4 Å². The first-order valence-corrected chi connectivity index (χ1v) is 16.0. The smallest absolute Gasteiger partial charge is 0.335 e. The molecule has 1 amide bonds. The minimum Gasteiger partial charge on any atom is -0.542 e. The fourth-order valence-electron chi connectivity index (χ4n) is 3.49. The van der Waals surface area contributed by atoms with Gasteiger partial charge >= 0.3 is 5.97 Å². The number of nitrogens with two attached hydrogens (primary N) is 1. The molecule has 4 N–H and O–H groups in total. The van der Waals surface area contributed by atoms with E-state index < -0.39 is 5.97 Å². The monoisotopic (exact) mass is 1010 g/mol. The summed E-state index contributed by atoms with van der Waals surface area (Å²) in [4.78, 5) is 39.7. The van der Waals surface area contributed by atoms with Gasteiger partial charge in [0.05, 0.1) is 49.3 Å². The van der Waals surface area contributed by atoms with Crippen molar-refractivity contribution in [1.82, 2.24) is 9.97 Å². The molecule has 0 aliphatic rings. The summed E-state index contributed by atoms with van der Waals surface area (Å²) in [6, 6.07) is 28.1. The van der Waals surface area contributed by atoms with Gasteiger partial charge in [0.15, 0.2) is 10.3 Å². The third kappa shape index (κ3) is 12.3. The van der Waals surface area contributed by atoms with Gasteiger partial charge in [0.1, 0.15) is 0 Å². The Morgan fingerprint density at radius 1 is 0.830 bits per heavy atom. The van der Waals surface area contributed by atoms with Gasteiger partial charge < -0.3 is 15.6 Å². The van der Waals surface area contributed by atoms with Gasteiger partial charge in [0.25, 0.3) is 5.91 Å². The number of aromatic nitrogens is 2. The number of halogens is 2. The predicted molar refractivity (Wildman–Crippen MR) is 188 cm³/mol. The zero-order valence-corrected chi connectivity index (χ0v) is 33.2. The van der Waals surface area contributed by atoms with Gasteiger partial charge in [-0.2, -0.15) is 17.4 Å². The van der Waals surface area contributed by atoms with E-state index in [0.29, 0.717) is 27.0 Å². The van der Waals surface area contributed by atoms with Gasteiger partial charge in [0.2, 0.25) is 0 Å². The molecule has 0 aliphatic carbocycles. The Hall–Kier alpha value is -3.94. The molecule has 0 saturated carbocycles. The molecule has 0 aliphatic heterocycles. The Kier molecular flexibility index (Phi) is 16.4. The number of nitrogens with zero attached hydrogens (tertiary/aromatic N) is 4. The summed E-state index contributed by atoms with van der Waals surface area (Å²) in [6.07, 6.45) is 1.50. The molecule has 0 unspecified atom stereocenters. The van der Waals surface area contributed by atoms with Crippen molar-refractivity contribution in [2.45, 2.75) is 6.92 Å². The molecular weight excluding hydrogens is 994 g/mol. The number of hydrogen-bond donors (Lipinski definition) is 3. The van der Waals surface area contributed by atoms with Crippen molar-refractivity contribution in [2.24, 2.45) is 0 Å². The second-order valence-corrected chi connectivity index (χ2v) is 12.6. The summed E-state index contributed by atoms with van der Waals surface area (Å²) in [5.74, 6) is -1.28. The average molecular weight is 1020 g/mol. The van der Waals surface area contributed by atoms with Crippen LogP contribution >= 0.6 is 54.5 Å². The molecule has 6 aromatic rings. The Morgan fingerprint density at radius 3 is 1.85 bits per heavy atom. The quantitative estimate of drug-likeness (QED) is 0.147. The molecule has 4 aromatic carbocycles. The molecule has 15 heteroatoms. The molecule has 6 rings (SSSR count). The maximum absolute atomic E-state index is 12.2. The number of carbonyl (C=O) groups is 2. The zero-order valence-electron chi connectivity index (χ0n) is 24.2. The maximum Gasteiger partial charge on any atom is 0.335 e. The minimum absolute atomic E-state index is 0. The van der Waals surface area contributed by atoms with E-state index in [2.05, 4.69) is 47.1 Å². The Labute approximate surface area is 317 Å². The summed E-state index contributed by atoms with van der Waals surface area (Å²) in [5.41, 5.74) is 8.72. The number of nitrogen functional groups attached to an aromatic ring is 1. The van der Waals surface area contributed by atoms with Gasteiger partial charge in [0, 0.05) is 45.6 Å². The second-order valence-electron chi connectivity index (χ2n) is 8.64. The second kappa shape index (κ2) is 19.7. The van der Waals surface area contributed by atoms with Crippen LogP contribution in [-0.2, 0) is 4.79 Å². The standard InChI is InChI=1S/C15H8BrN3OS.C8H5NO2.C7H5BrN2S.C2H3O.U/c16-11-4-5-13-12(7-11)18-15(21-13)19-14(20)10-3-1-2-9(6-10)8-17;9-5-6-2-1-3-7(4-6)8(10)11;8-4-1-2-6-5(3-4)10-7(9)11-6;1-2-3;/h1-7H,(H,18,19,20);1-4H,(H,10,11);1-3H,(H2,9,10);1H3;/q;;;-1;. The largest absolute Gasteiger partial charge is 0.542 e. The van der Waals surface area contributed by atoms with E-state index in [-0.39, 0.29) is 42.6 Å². The topological polar surface area (TPSA) is 183 Å². The van der Waals surface area contributed by atoms with E-state index in [9.17, 15) is 9.59 Å². The molecule has 0 radical (unpaired) electrons. The summed E-state index contributed by atoms with van der Waals surface area (Å²) < 4.78 is 4.11. The van der Waals surface area contributed by atoms with Crippen LogP contribution in [0.1, 0.15) is 38.8 Å². The van der Waals surface area contributed by atoms with E-state index in [1.807, 2.05) is 48.5 Å². The van der Waals surface area contributed by atoms with Crippen molar-refractivity contribution in [1.29, 1.82) is 10.5 Å². The van der Waals surface area contributed by atoms with Crippen molar-refractivity contribution in [2.75, 3.05) is 11.1 Å². The van der Waals surface area contributed by atoms with E-state index in [1.165, 1.54) is 48.0 Å². The predicted octanol–water partition coefficient (Wildman–Crippen LogP) is 8.20. The third-order valence-corrected chi connectivity index (χ3v) is 8.23. The average Bonchev–Trinajstić information content (AvgIpc) is 3.62. The number of hydrogen-bond acceptors (Lipinski definition) is 10. The van der Waals surface area contributed by atoms with Crippen LogP contribution in [0.15, 0.2) is 93.9 Å². The number of nitrogens with one attached hydrogen (secondary N) is 1. The molecule has 2 aromatic heterocycles. The fraction of sp³-hybridized carbons (Fsp3) is 0.0312. The van der Waals surface area contributed by atoms with Crippen molar-refractivity contribution >= 4 is 103 Å². The normalized spacial score (nSPS) is 9.38. The number of fused-ring (bicyclic) bond motifs is 2. The van der Waals surface area contributed by atoms with Crippen LogP contribution in [0.2, 0.25) is 0 Å². The van der Waals surface area contributed by atoms with Gasteiger partial charge in [-0.1, -0.05) is 66.7 Å². The summed E-state index contributed by atoms with van der Waals surface area (Å²) in [5, 5.41) is 29.7. The number of carbonyl (C=O) groups excluding carboxylic acids is 2. The fourth-order valence-corrected chi connectivity index (χ4v) is 5.75. The molecule has 0 bridgehead atoms. The van der Waals surface area contributed by atoms with Crippen molar-refractivity contribution in [3.05, 3.63) is 116 Å². The molecule has 0 fully saturated rings. The molecule has 0 spiro atoms. The molecule has 234 valence electrons. The van der Waals surface area contributed by atoms with E-state index in [0.717, 1.165) is 29.4 Å². The molecule has 0 saturated heterocycles. The molecular formula is C32H21Br2N6O4S2U-. The van der Waals surface area contributed by atoms with E-state index in [4.69, 9.17) is 26.2 Å². The first-order chi connectivity index (χ1) is 22.1. The number of amides is 1. The minimum atomic E-state index is -1.01. The van der Waals surface area contributed by atoms with Gasteiger partial charge in [-0.25, -0.2) is 14.8 Å². The maximum atomic E-state index is 12.2. The summed E-state index contributed by atoms with van der Waals surface area (Å²) in [6.45, 7) is 1.32.